The van der Waals surface area contributed by atoms with Crippen molar-refractivity contribution in [3.05, 3.63) is 35.4 Å². The minimum atomic E-state index is -0.923. The maximum Gasteiger partial charge on any atom is 0.353 e. The van der Waals surface area contributed by atoms with E-state index in [9.17, 15) is 4.79 Å². The Kier molecular flexibility index (Phi) is 1.62. The average Bonchev–Trinajstić information content (AvgIpc) is 2.46. The number of nitrogens with one attached hydrogen (secondary N) is 1. The standard InChI is InChI=1S/C9H10N2O2/c1-6-2-3-8-10-7(9(12)13)5-11(8)4-6/h2-3,5,10H,4H2,1H3,(H,12,13). The summed E-state index contributed by atoms with van der Waals surface area (Å²) in [6, 6.07) is 0. The van der Waals surface area contributed by atoms with Crippen LogP contribution in [0, 0.1) is 0 Å². The fraction of sp³-hybridized carbons (Fsp3) is 0.222. The van der Waals surface area contributed by atoms with E-state index >= 15 is 0 Å². The molecule has 0 bridgehead atoms. The first-order valence-corrected chi connectivity index (χ1v) is 4.03. The number of nitrogens with zero attached hydrogens (tertiary/aromatic N) is 1. The molecule has 0 aliphatic carbocycles. The zero-order valence-corrected chi connectivity index (χ0v) is 7.24. The van der Waals surface area contributed by atoms with E-state index in [0.29, 0.717) is 0 Å². The van der Waals surface area contributed by atoms with Gasteiger partial charge in [0.05, 0.1) is 0 Å². The molecule has 0 unspecified atom stereocenters. The summed E-state index contributed by atoms with van der Waals surface area (Å²) in [5.74, 6) is -0.0871. The molecule has 68 valence electrons. The van der Waals surface area contributed by atoms with E-state index in [1.807, 2.05) is 24.0 Å². The Morgan fingerprint density at radius 1 is 1.62 bits per heavy atom. The molecule has 2 N–H and O–H groups in total. The molecule has 0 aromatic rings. The van der Waals surface area contributed by atoms with Crippen molar-refractivity contribution in [2.75, 3.05) is 6.54 Å². The third-order valence-corrected chi connectivity index (χ3v) is 2.03. The highest BCUT2D eigenvalue weighted by Crippen LogP contribution is 2.19. The zero-order valence-electron chi connectivity index (χ0n) is 7.24. The fourth-order valence-corrected chi connectivity index (χ4v) is 1.39. The quantitative estimate of drug-likeness (QED) is 0.618. The monoisotopic (exact) mass is 178 g/mol. The molecule has 4 nitrogen and oxygen atoms in total. The molecule has 13 heavy (non-hydrogen) atoms. The van der Waals surface area contributed by atoms with Crippen LogP contribution in [-0.4, -0.2) is 22.5 Å². The van der Waals surface area contributed by atoms with Crippen molar-refractivity contribution in [3.8, 4) is 0 Å². The van der Waals surface area contributed by atoms with Gasteiger partial charge in [-0.25, -0.2) is 4.79 Å². The van der Waals surface area contributed by atoms with Gasteiger partial charge < -0.3 is 15.3 Å². The normalized spacial score (nSPS) is 19.8. The highest BCUT2D eigenvalue weighted by molar-refractivity contribution is 5.87. The van der Waals surface area contributed by atoms with Crippen LogP contribution in [0.4, 0.5) is 0 Å². The van der Waals surface area contributed by atoms with Gasteiger partial charge in [-0.05, 0) is 13.0 Å². The second-order valence-electron chi connectivity index (χ2n) is 3.17. The molecule has 0 atom stereocenters. The van der Waals surface area contributed by atoms with Crippen molar-refractivity contribution in [1.29, 1.82) is 0 Å². The van der Waals surface area contributed by atoms with Crippen LogP contribution in [0.2, 0.25) is 0 Å². The van der Waals surface area contributed by atoms with Crippen LogP contribution < -0.4 is 5.32 Å². The van der Waals surface area contributed by atoms with Crippen LogP contribution >= 0.6 is 0 Å². The van der Waals surface area contributed by atoms with Crippen LogP contribution in [0.15, 0.2) is 35.4 Å². The largest absolute Gasteiger partial charge is 0.477 e. The van der Waals surface area contributed by atoms with Crippen LogP contribution in [0.3, 0.4) is 0 Å². The number of hydrogen-bond donors (Lipinski definition) is 2. The Balaban J connectivity index is 2.24. The third-order valence-electron chi connectivity index (χ3n) is 2.03. The van der Waals surface area contributed by atoms with Gasteiger partial charge in [-0.3, -0.25) is 0 Å². The molecule has 0 radical (unpaired) electrons. The number of carboxylic acid groups (broad SMARTS) is 1. The van der Waals surface area contributed by atoms with Crippen molar-refractivity contribution in [1.82, 2.24) is 10.2 Å². The predicted octanol–water partition coefficient (Wildman–Crippen LogP) is 0.619. The summed E-state index contributed by atoms with van der Waals surface area (Å²) in [7, 11) is 0. The van der Waals surface area contributed by atoms with Gasteiger partial charge in [0.15, 0.2) is 0 Å². The molecule has 2 heterocycles. The molecule has 2 aliphatic rings. The van der Waals surface area contributed by atoms with E-state index in [2.05, 4.69) is 5.32 Å². The number of rotatable bonds is 1. The van der Waals surface area contributed by atoms with Gasteiger partial charge in [-0.1, -0.05) is 11.6 Å². The molecule has 0 aromatic carbocycles. The lowest BCUT2D eigenvalue weighted by Gasteiger charge is -2.20. The van der Waals surface area contributed by atoms with Crippen molar-refractivity contribution in [2.24, 2.45) is 0 Å². The van der Waals surface area contributed by atoms with Crippen LogP contribution in [0.5, 0.6) is 0 Å². The minimum absolute atomic E-state index is 0.231. The Morgan fingerprint density at radius 3 is 3.08 bits per heavy atom. The second kappa shape index (κ2) is 2.65. The van der Waals surface area contributed by atoms with Gasteiger partial charge >= 0.3 is 5.97 Å². The lowest BCUT2D eigenvalue weighted by molar-refractivity contribution is -0.132. The first-order valence-electron chi connectivity index (χ1n) is 4.03. The summed E-state index contributed by atoms with van der Waals surface area (Å²) >= 11 is 0. The molecule has 0 spiro atoms. The number of carbonyl (C=O) groups is 1. The molecule has 0 aromatic heterocycles. The van der Waals surface area contributed by atoms with Crippen LogP contribution in [0.25, 0.3) is 0 Å². The first kappa shape index (κ1) is 7.91. The Labute approximate surface area is 75.8 Å². The highest BCUT2D eigenvalue weighted by Gasteiger charge is 2.23. The van der Waals surface area contributed by atoms with Gasteiger partial charge in [-0.15, -0.1) is 0 Å². The fourth-order valence-electron chi connectivity index (χ4n) is 1.39. The van der Waals surface area contributed by atoms with Gasteiger partial charge in [0.25, 0.3) is 0 Å². The third kappa shape index (κ3) is 1.30. The summed E-state index contributed by atoms with van der Waals surface area (Å²) in [5.41, 5.74) is 1.45. The van der Waals surface area contributed by atoms with Gasteiger partial charge in [0, 0.05) is 12.7 Å². The Morgan fingerprint density at radius 2 is 2.38 bits per heavy atom. The van der Waals surface area contributed by atoms with E-state index in [4.69, 9.17) is 5.11 Å². The molecular weight excluding hydrogens is 168 g/mol. The Hall–Kier alpha value is -1.71. The molecule has 0 fully saturated rings. The molecule has 0 amide bonds. The summed E-state index contributed by atoms with van der Waals surface area (Å²) in [6.07, 6.45) is 5.48. The molecule has 2 aliphatic heterocycles. The van der Waals surface area contributed by atoms with E-state index in [0.717, 1.165) is 12.4 Å². The van der Waals surface area contributed by atoms with Gasteiger partial charge in [-0.2, -0.15) is 0 Å². The molecular formula is C9H10N2O2. The Bertz CT molecular complexity index is 353. The summed E-state index contributed by atoms with van der Waals surface area (Å²) < 4.78 is 0. The number of carboxylic acids is 1. The average molecular weight is 178 g/mol. The summed E-state index contributed by atoms with van der Waals surface area (Å²) in [6.45, 7) is 2.77. The predicted molar refractivity (Wildman–Crippen MR) is 47.4 cm³/mol. The summed E-state index contributed by atoms with van der Waals surface area (Å²) in [5, 5.41) is 11.5. The van der Waals surface area contributed by atoms with Crippen LogP contribution in [0.1, 0.15) is 6.92 Å². The second-order valence-corrected chi connectivity index (χ2v) is 3.17. The maximum atomic E-state index is 10.6. The first-order chi connectivity index (χ1) is 6.16. The maximum absolute atomic E-state index is 10.6. The number of fused-ring (bicyclic) bond motifs is 1. The van der Waals surface area contributed by atoms with E-state index < -0.39 is 5.97 Å². The number of hydrogen-bond acceptors (Lipinski definition) is 3. The topological polar surface area (TPSA) is 52.6 Å². The number of aliphatic carboxylic acids is 1. The lowest BCUT2D eigenvalue weighted by atomic mass is 10.2. The summed E-state index contributed by atoms with van der Waals surface area (Å²) in [4.78, 5) is 12.5. The zero-order chi connectivity index (χ0) is 9.42. The molecule has 0 saturated carbocycles. The van der Waals surface area contributed by atoms with Crippen LogP contribution in [-0.2, 0) is 4.79 Å². The van der Waals surface area contributed by atoms with E-state index in [1.165, 1.54) is 5.57 Å². The smallest absolute Gasteiger partial charge is 0.353 e. The van der Waals surface area contributed by atoms with E-state index in [1.54, 1.807) is 6.20 Å². The molecule has 0 saturated heterocycles. The minimum Gasteiger partial charge on any atom is -0.477 e. The number of allylic oxidation sites excluding steroid dienone is 2. The van der Waals surface area contributed by atoms with Crippen molar-refractivity contribution >= 4 is 5.97 Å². The highest BCUT2D eigenvalue weighted by atomic mass is 16.4. The van der Waals surface area contributed by atoms with Crippen molar-refractivity contribution in [2.45, 2.75) is 6.92 Å². The molecule has 2 rings (SSSR count). The van der Waals surface area contributed by atoms with E-state index in [-0.39, 0.29) is 5.70 Å². The lowest BCUT2D eigenvalue weighted by Crippen LogP contribution is -2.23. The molecule has 4 heteroatoms. The van der Waals surface area contributed by atoms with Gasteiger partial charge in [0.2, 0.25) is 0 Å². The van der Waals surface area contributed by atoms with Gasteiger partial charge in [0.1, 0.15) is 11.5 Å². The SMILES string of the molecule is CC1=CC=C2NC(C(=O)O)=CN2C1. The van der Waals surface area contributed by atoms with Crippen molar-refractivity contribution in [3.63, 3.8) is 0 Å². The van der Waals surface area contributed by atoms with Crippen molar-refractivity contribution < 1.29 is 9.90 Å².